The Balaban J connectivity index is 0.000000354. The normalized spacial score (nSPS) is 7.00. The summed E-state index contributed by atoms with van der Waals surface area (Å²) in [6.07, 6.45) is 0.250. The van der Waals surface area contributed by atoms with Crippen molar-refractivity contribution in [2.45, 2.75) is 0 Å². The van der Waals surface area contributed by atoms with Gasteiger partial charge < -0.3 is 5.73 Å². The van der Waals surface area contributed by atoms with Gasteiger partial charge in [-0.15, -0.1) is 0 Å². The van der Waals surface area contributed by atoms with Gasteiger partial charge in [0.15, 0.2) is 0 Å². The molecule has 0 radical (unpaired) electrons. The van der Waals surface area contributed by atoms with E-state index in [4.69, 9.17) is 10.3 Å². The van der Waals surface area contributed by atoms with E-state index in [-0.39, 0.29) is 6.41 Å². The van der Waals surface area contributed by atoms with E-state index in [1.54, 1.807) is 12.1 Å². The second-order valence-corrected chi connectivity index (χ2v) is 1.66. The van der Waals surface area contributed by atoms with Crippen LogP contribution >= 0.6 is 0 Å². The largest absolute Gasteiger partial charge is 0.372 e. The maximum absolute atomic E-state index is 8.58. The number of benzene rings is 1. The third-order valence-electron chi connectivity index (χ3n) is 0.916. The highest BCUT2D eigenvalue weighted by atomic mass is 16.1. The summed E-state index contributed by atoms with van der Waals surface area (Å²) in [5.41, 5.74) is 12.8. The Morgan fingerprint density at radius 1 is 1.42 bits per heavy atom. The summed E-state index contributed by atoms with van der Waals surface area (Å²) in [5.74, 6) is 0. The minimum atomic E-state index is 0.250. The van der Waals surface area contributed by atoms with Crippen LogP contribution in [0.15, 0.2) is 35.4 Å². The van der Waals surface area contributed by atoms with Gasteiger partial charge in [-0.05, 0) is 5.53 Å². The van der Waals surface area contributed by atoms with Gasteiger partial charge in [0.1, 0.15) is 0 Å². The van der Waals surface area contributed by atoms with Crippen molar-refractivity contribution in [1.82, 2.24) is 0 Å². The van der Waals surface area contributed by atoms with Crippen LogP contribution in [0.2, 0.25) is 0 Å². The third kappa shape index (κ3) is 4.84. The molecule has 1 rings (SSSR count). The molecule has 0 bridgehead atoms. The standard InChI is InChI=1S/C6H5N3.CH3NO/c7-9-8-6-4-2-1-3-5-6;2-1-3/h1-5H;1H,(H2,2,3). The summed E-state index contributed by atoms with van der Waals surface area (Å²) in [4.78, 5) is 11.2. The first kappa shape index (κ1) is 10.0. The van der Waals surface area contributed by atoms with Crippen LogP contribution in [0.4, 0.5) is 5.69 Å². The Morgan fingerprint density at radius 2 is 1.92 bits per heavy atom. The van der Waals surface area contributed by atoms with Gasteiger partial charge in [0, 0.05) is 10.6 Å². The molecule has 5 heteroatoms. The van der Waals surface area contributed by atoms with Crippen molar-refractivity contribution in [3.63, 3.8) is 0 Å². The molecule has 12 heavy (non-hydrogen) atoms. The number of rotatable bonds is 1. The van der Waals surface area contributed by atoms with Crippen LogP contribution in [0.5, 0.6) is 0 Å². The third-order valence-corrected chi connectivity index (χ3v) is 0.916. The predicted octanol–water partition coefficient (Wildman–Crippen LogP) is 1.73. The SMILES string of the molecule is NC=O.[N-]=[N+]=Nc1ccccc1. The Morgan fingerprint density at radius 3 is 2.33 bits per heavy atom. The minimum Gasteiger partial charge on any atom is -0.372 e. The molecule has 1 amide bonds. The molecular weight excluding hydrogens is 156 g/mol. The topological polar surface area (TPSA) is 91.9 Å². The summed E-state index contributed by atoms with van der Waals surface area (Å²) in [5, 5.41) is 3.39. The van der Waals surface area contributed by atoms with Gasteiger partial charge in [-0.2, -0.15) is 0 Å². The van der Waals surface area contributed by atoms with Crippen molar-refractivity contribution >= 4 is 12.1 Å². The maximum Gasteiger partial charge on any atom is 0.204 e. The van der Waals surface area contributed by atoms with E-state index in [2.05, 4.69) is 15.8 Å². The Labute approximate surface area is 69.4 Å². The molecule has 1 aromatic rings. The Kier molecular flexibility index (Phi) is 5.93. The van der Waals surface area contributed by atoms with E-state index < -0.39 is 0 Å². The molecule has 2 N–H and O–H groups in total. The van der Waals surface area contributed by atoms with Crippen molar-refractivity contribution in [2.24, 2.45) is 10.8 Å². The highest BCUT2D eigenvalue weighted by Crippen LogP contribution is 2.08. The summed E-state index contributed by atoms with van der Waals surface area (Å²) in [7, 11) is 0. The van der Waals surface area contributed by atoms with Gasteiger partial charge in [0.25, 0.3) is 0 Å². The predicted molar refractivity (Wildman–Crippen MR) is 45.5 cm³/mol. The summed E-state index contributed by atoms with van der Waals surface area (Å²) in [6, 6.07) is 9.02. The lowest BCUT2D eigenvalue weighted by Crippen LogP contribution is -1.82. The molecule has 0 aromatic heterocycles. The lowest BCUT2D eigenvalue weighted by molar-refractivity contribution is -0.106. The van der Waals surface area contributed by atoms with Crippen LogP contribution in [0, 0.1) is 0 Å². The maximum atomic E-state index is 8.58. The fourth-order valence-corrected chi connectivity index (χ4v) is 0.546. The van der Waals surface area contributed by atoms with Crippen LogP contribution in [0.1, 0.15) is 0 Å². The smallest absolute Gasteiger partial charge is 0.204 e. The Hall–Kier alpha value is -2.00. The van der Waals surface area contributed by atoms with Crippen LogP contribution in [-0.2, 0) is 4.79 Å². The fourth-order valence-electron chi connectivity index (χ4n) is 0.546. The quantitative estimate of drug-likeness (QED) is 0.291. The van der Waals surface area contributed by atoms with Gasteiger partial charge in [-0.3, -0.25) is 4.79 Å². The van der Waals surface area contributed by atoms with Gasteiger partial charge >= 0.3 is 0 Å². The molecule has 0 saturated heterocycles. The van der Waals surface area contributed by atoms with Gasteiger partial charge in [-0.25, -0.2) is 0 Å². The molecule has 0 heterocycles. The molecule has 0 saturated carbocycles. The fraction of sp³-hybridized carbons (Fsp3) is 0. The van der Waals surface area contributed by atoms with Crippen LogP contribution in [0.25, 0.3) is 10.4 Å². The lowest BCUT2D eigenvalue weighted by Gasteiger charge is -1.83. The highest BCUT2D eigenvalue weighted by molar-refractivity contribution is 5.42. The molecule has 0 aliphatic heterocycles. The zero-order valence-corrected chi connectivity index (χ0v) is 6.29. The molecule has 0 unspecified atom stereocenters. The number of primary amides is 1. The number of amides is 1. The van der Waals surface area contributed by atoms with E-state index in [9.17, 15) is 0 Å². The first-order valence-corrected chi connectivity index (χ1v) is 3.10. The zero-order chi connectivity index (χ0) is 9.23. The minimum absolute atomic E-state index is 0.250. The van der Waals surface area contributed by atoms with Crippen LogP contribution in [-0.4, -0.2) is 6.41 Å². The van der Waals surface area contributed by atoms with Gasteiger partial charge in [0.05, 0.1) is 0 Å². The van der Waals surface area contributed by atoms with Gasteiger partial charge in [0.2, 0.25) is 6.41 Å². The second-order valence-electron chi connectivity index (χ2n) is 1.66. The number of hydrogen-bond donors (Lipinski definition) is 1. The number of azide groups is 1. The molecule has 62 valence electrons. The number of hydrogen-bond acceptors (Lipinski definition) is 2. The molecule has 5 nitrogen and oxygen atoms in total. The van der Waals surface area contributed by atoms with E-state index in [0.717, 1.165) is 0 Å². The molecular formula is C7H8N4O. The molecule has 0 spiro atoms. The van der Waals surface area contributed by atoms with E-state index in [1.165, 1.54) is 0 Å². The van der Waals surface area contributed by atoms with E-state index in [0.29, 0.717) is 5.69 Å². The average Bonchev–Trinajstić information content (AvgIpc) is 2.08. The summed E-state index contributed by atoms with van der Waals surface area (Å²) < 4.78 is 0. The zero-order valence-electron chi connectivity index (χ0n) is 6.29. The molecule has 0 atom stereocenters. The Bertz CT molecular complexity index is 266. The molecule has 0 fully saturated rings. The van der Waals surface area contributed by atoms with Crippen molar-refractivity contribution in [2.75, 3.05) is 0 Å². The number of carbonyl (C=O) groups is 1. The van der Waals surface area contributed by atoms with E-state index in [1.807, 2.05) is 18.2 Å². The van der Waals surface area contributed by atoms with Crippen LogP contribution < -0.4 is 5.73 Å². The van der Waals surface area contributed by atoms with Crippen molar-refractivity contribution in [3.05, 3.63) is 40.8 Å². The lowest BCUT2D eigenvalue weighted by atomic mass is 10.3. The molecule has 0 aliphatic rings. The summed E-state index contributed by atoms with van der Waals surface area (Å²) >= 11 is 0. The number of carbonyl (C=O) groups excluding carboxylic acids is 1. The van der Waals surface area contributed by atoms with Crippen molar-refractivity contribution in [3.8, 4) is 0 Å². The molecule has 1 aromatic carbocycles. The number of nitrogens with two attached hydrogens (primary N) is 1. The van der Waals surface area contributed by atoms with Crippen LogP contribution in [0.3, 0.4) is 0 Å². The van der Waals surface area contributed by atoms with E-state index >= 15 is 0 Å². The summed E-state index contributed by atoms with van der Waals surface area (Å²) in [6.45, 7) is 0. The number of nitrogens with zero attached hydrogens (tertiary/aromatic N) is 3. The monoisotopic (exact) mass is 164 g/mol. The van der Waals surface area contributed by atoms with Crippen molar-refractivity contribution < 1.29 is 4.79 Å². The first-order valence-electron chi connectivity index (χ1n) is 3.10. The molecule has 0 aliphatic carbocycles. The van der Waals surface area contributed by atoms with Gasteiger partial charge in [-0.1, -0.05) is 35.4 Å². The first-order chi connectivity index (χ1) is 5.85. The van der Waals surface area contributed by atoms with Crippen molar-refractivity contribution in [1.29, 1.82) is 0 Å². The highest BCUT2D eigenvalue weighted by Gasteiger charge is 1.78. The average molecular weight is 164 g/mol. The second kappa shape index (κ2) is 7.11.